The fourth-order valence-electron chi connectivity index (χ4n) is 2.01. The number of hydrogen-bond acceptors (Lipinski definition) is 6. The summed E-state index contributed by atoms with van der Waals surface area (Å²) in [6, 6.07) is 4.56. The van der Waals surface area contributed by atoms with Gasteiger partial charge in [0.15, 0.2) is 5.13 Å². The number of thiophene rings is 1. The van der Waals surface area contributed by atoms with Crippen molar-refractivity contribution in [3.63, 3.8) is 0 Å². The number of nitrogens with one attached hydrogen (secondary N) is 1. The third kappa shape index (κ3) is 2.73. The molecule has 0 aromatic carbocycles. The first-order valence-corrected chi connectivity index (χ1v) is 7.18. The quantitative estimate of drug-likeness (QED) is 0.595. The van der Waals surface area contributed by atoms with E-state index in [1.165, 1.54) is 12.3 Å². The van der Waals surface area contributed by atoms with E-state index in [4.69, 9.17) is 4.52 Å². The topological polar surface area (TPSA) is 80.4 Å². The molecule has 0 saturated heterocycles. The van der Waals surface area contributed by atoms with Gasteiger partial charge < -0.3 is 4.52 Å². The summed E-state index contributed by atoms with van der Waals surface area (Å²) >= 11 is 0.942. The van der Waals surface area contributed by atoms with Crippen molar-refractivity contribution >= 4 is 34.6 Å². The molecule has 1 N–H and O–H groups in total. The number of aromatic nitrogens is 2. The van der Waals surface area contributed by atoms with Crippen LogP contribution in [-0.2, 0) is 0 Å². The lowest BCUT2D eigenvalue weighted by Gasteiger charge is -2.02. The Labute approximate surface area is 128 Å². The molecule has 3 rings (SSSR count). The highest BCUT2D eigenvalue weighted by Gasteiger charge is 2.17. The van der Waals surface area contributed by atoms with Crippen molar-refractivity contribution in [2.45, 2.75) is 13.8 Å². The Morgan fingerprint density at radius 2 is 2.27 bits per heavy atom. The molecular formula is C14H11FN4O2S. The minimum atomic E-state index is -0.407. The number of rotatable bonds is 3. The van der Waals surface area contributed by atoms with Gasteiger partial charge in [0.05, 0.1) is 27.7 Å². The van der Waals surface area contributed by atoms with E-state index in [2.05, 4.69) is 20.7 Å². The van der Waals surface area contributed by atoms with Gasteiger partial charge in [-0.15, -0.1) is 11.3 Å². The number of hydrogen-bond donors (Lipinski definition) is 1. The smallest absolute Gasteiger partial charge is 0.272 e. The number of amides is 1. The number of carbonyl (C=O) groups excluding carboxylic acids is 1. The van der Waals surface area contributed by atoms with Crippen LogP contribution in [0.3, 0.4) is 0 Å². The van der Waals surface area contributed by atoms with Crippen LogP contribution in [0.1, 0.15) is 26.6 Å². The van der Waals surface area contributed by atoms with Crippen LogP contribution < -0.4 is 5.43 Å². The fourth-order valence-corrected chi connectivity index (χ4v) is 2.61. The fraction of sp³-hybridized carbons (Fsp3) is 0.143. The van der Waals surface area contributed by atoms with Gasteiger partial charge in [-0.05, 0) is 32.0 Å². The molecule has 112 valence electrons. The Hall–Kier alpha value is -2.61. The molecule has 0 fully saturated rings. The van der Waals surface area contributed by atoms with Crippen molar-refractivity contribution in [2.24, 2.45) is 5.10 Å². The number of aryl methyl sites for hydroxylation is 2. The van der Waals surface area contributed by atoms with Crippen LogP contribution >= 0.6 is 11.3 Å². The molecule has 3 aromatic rings. The zero-order chi connectivity index (χ0) is 15.7. The summed E-state index contributed by atoms with van der Waals surface area (Å²) in [4.78, 5) is 17.1. The van der Waals surface area contributed by atoms with Crippen LogP contribution in [0.4, 0.5) is 4.39 Å². The second-order valence-electron chi connectivity index (χ2n) is 4.60. The molecule has 0 radical (unpaired) electrons. The average Bonchev–Trinajstić information content (AvgIpc) is 3.04. The zero-order valence-electron chi connectivity index (χ0n) is 11.8. The lowest BCUT2D eigenvalue weighted by Crippen LogP contribution is -2.18. The normalized spacial score (nSPS) is 11.4. The van der Waals surface area contributed by atoms with Crippen molar-refractivity contribution in [1.29, 1.82) is 0 Å². The van der Waals surface area contributed by atoms with Gasteiger partial charge in [0, 0.05) is 5.69 Å². The third-order valence-electron chi connectivity index (χ3n) is 2.94. The van der Waals surface area contributed by atoms with Gasteiger partial charge in [0.1, 0.15) is 0 Å². The summed E-state index contributed by atoms with van der Waals surface area (Å²) in [6.07, 6.45) is 1.39. The third-order valence-corrected chi connectivity index (χ3v) is 3.75. The summed E-state index contributed by atoms with van der Waals surface area (Å²) in [5.74, 6) is -0.407. The molecule has 0 aliphatic carbocycles. The summed E-state index contributed by atoms with van der Waals surface area (Å²) in [6.45, 7) is 3.49. The van der Waals surface area contributed by atoms with E-state index in [9.17, 15) is 9.18 Å². The highest BCUT2D eigenvalue weighted by Crippen LogP contribution is 2.21. The maximum absolute atomic E-state index is 12.9. The standard InChI is InChI=1S/C14H11FN4O2S/c1-7-5-10(12-8(2)19-21-14(12)17-7)13(20)18-16-6-9-3-4-11(15)22-9/h3-6H,1-2H3,(H,18,20). The van der Waals surface area contributed by atoms with E-state index >= 15 is 0 Å². The monoisotopic (exact) mass is 318 g/mol. The largest absolute Gasteiger partial charge is 0.336 e. The van der Waals surface area contributed by atoms with E-state index < -0.39 is 5.91 Å². The number of nitrogens with zero attached hydrogens (tertiary/aromatic N) is 3. The predicted molar refractivity (Wildman–Crippen MR) is 80.6 cm³/mol. The van der Waals surface area contributed by atoms with E-state index in [1.807, 2.05) is 0 Å². The molecule has 0 aliphatic heterocycles. The molecule has 3 aromatic heterocycles. The van der Waals surface area contributed by atoms with Gasteiger partial charge >= 0.3 is 0 Å². The summed E-state index contributed by atoms with van der Waals surface area (Å²) < 4.78 is 17.9. The average molecular weight is 318 g/mol. The molecule has 0 bridgehead atoms. The summed E-state index contributed by atoms with van der Waals surface area (Å²) in [7, 11) is 0. The van der Waals surface area contributed by atoms with Gasteiger partial charge in [-0.2, -0.15) is 9.49 Å². The lowest BCUT2D eigenvalue weighted by atomic mass is 10.1. The van der Waals surface area contributed by atoms with Crippen LogP contribution in [-0.4, -0.2) is 22.3 Å². The second-order valence-corrected chi connectivity index (χ2v) is 5.67. The van der Waals surface area contributed by atoms with Crippen molar-refractivity contribution in [3.05, 3.63) is 45.2 Å². The Bertz CT molecular complexity index is 884. The van der Waals surface area contributed by atoms with Gasteiger partial charge in [-0.1, -0.05) is 5.16 Å². The van der Waals surface area contributed by atoms with Crippen molar-refractivity contribution in [3.8, 4) is 0 Å². The first-order valence-electron chi connectivity index (χ1n) is 6.37. The Balaban J connectivity index is 1.86. The predicted octanol–water partition coefficient (Wildman–Crippen LogP) is 2.80. The molecule has 6 nitrogen and oxygen atoms in total. The number of carbonyl (C=O) groups is 1. The Kier molecular flexibility index (Phi) is 3.68. The van der Waals surface area contributed by atoms with Crippen LogP contribution in [0, 0.1) is 19.0 Å². The van der Waals surface area contributed by atoms with Crippen molar-refractivity contribution in [2.75, 3.05) is 0 Å². The highest BCUT2D eigenvalue weighted by atomic mass is 32.1. The number of halogens is 1. The van der Waals surface area contributed by atoms with Gasteiger partial charge in [-0.3, -0.25) is 4.79 Å². The van der Waals surface area contributed by atoms with Crippen LogP contribution in [0.15, 0.2) is 27.8 Å². The Morgan fingerprint density at radius 1 is 1.45 bits per heavy atom. The number of pyridine rings is 1. The first-order chi connectivity index (χ1) is 10.5. The summed E-state index contributed by atoms with van der Waals surface area (Å²) in [5, 5.41) is 7.89. The summed E-state index contributed by atoms with van der Waals surface area (Å²) in [5.41, 5.74) is 4.33. The van der Waals surface area contributed by atoms with Crippen molar-refractivity contribution < 1.29 is 13.7 Å². The Morgan fingerprint density at radius 3 is 3.00 bits per heavy atom. The van der Waals surface area contributed by atoms with E-state index in [0.29, 0.717) is 32.9 Å². The van der Waals surface area contributed by atoms with E-state index in [1.54, 1.807) is 26.0 Å². The van der Waals surface area contributed by atoms with E-state index in [0.717, 1.165) is 11.3 Å². The zero-order valence-corrected chi connectivity index (χ0v) is 12.6. The van der Waals surface area contributed by atoms with Gasteiger partial charge in [0.25, 0.3) is 11.6 Å². The minimum absolute atomic E-state index is 0.306. The van der Waals surface area contributed by atoms with Gasteiger partial charge in [-0.25, -0.2) is 10.4 Å². The molecule has 0 atom stereocenters. The first kappa shape index (κ1) is 14.3. The minimum Gasteiger partial charge on any atom is -0.336 e. The SMILES string of the molecule is Cc1cc(C(=O)NN=Cc2ccc(F)s2)c2c(C)noc2n1. The van der Waals surface area contributed by atoms with Crippen LogP contribution in [0.25, 0.3) is 11.1 Å². The number of fused-ring (bicyclic) bond motifs is 1. The van der Waals surface area contributed by atoms with Crippen LogP contribution in [0.5, 0.6) is 0 Å². The lowest BCUT2D eigenvalue weighted by molar-refractivity contribution is 0.0956. The molecule has 0 unspecified atom stereocenters. The molecule has 0 spiro atoms. The molecule has 1 amide bonds. The number of hydrazone groups is 1. The molecule has 8 heteroatoms. The van der Waals surface area contributed by atoms with Crippen molar-refractivity contribution in [1.82, 2.24) is 15.6 Å². The van der Waals surface area contributed by atoms with Gasteiger partial charge in [0.2, 0.25) is 0 Å². The molecule has 0 aliphatic rings. The second kappa shape index (κ2) is 5.64. The molecule has 3 heterocycles. The van der Waals surface area contributed by atoms with Crippen LogP contribution in [0.2, 0.25) is 0 Å². The molecular weight excluding hydrogens is 307 g/mol. The highest BCUT2D eigenvalue weighted by molar-refractivity contribution is 7.12. The van der Waals surface area contributed by atoms with E-state index in [-0.39, 0.29) is 5.13 Å². The maximum Gasteiger partial charge on any atom is 0.272 e. The molecule has 0 saturated carbocycles. The molecule has 22 heavy (non-hydrogen) atoms. The maximum atomic E-state index is 12.9.